The molecule has 0 bridgehead atoms. The molecule has 1 saturated heterocycles. The van der Waals surface area contributed by atoms with Crippen LogP contribution >= 0.6 is 0 Å². The summed E-state index contributed by atoms with van der Waals surface area (Å²) in [6.45, 7) is 1.91. The van der Waals surface area contributed by atoms with Crippen LogP contribution in [0.5, 0.6) is 0 Å². The van der Waals surface area contributed by atoms with Crippen LogP contribution < -0.4 is 5.32 Å². The van der Waals surface area contributed by atoms with E-state index in [2.05, 4.69) is 10.3 Å². The Labute approximate surface area is 104 Å². The van der Waals surface area contributed by atoms with Gasteiger partial charge in [0.15, 0.2) is 0 Å². The van der Waals surface area contributed by atoms with Crippen molar-refractivity contribution in [3.8, 4) is 0 Å². The van der Waals surface area contributed by atoms with Crippen LogP contribution in [0.4, 0.5) is 0 Å². The number of rotatable bonds is 4. The first-order chi connectivity index (χ1) is 8.66. The maximum atomic E-state index is 11.8. The molecule has 1 aromatic heterocycles. The van der Waals surface area contributed by atoms with E-state index in [4.69, 9.17) is 9.84 Å². The molecule has 18 heavy (non-hydrogen) atoms. The minimum absolute atomic E-state index is 0.119. The normalized spacial score (nSPS) is 18.6. The van der Waals surface area contributed by atoms with Gasteiger partial charge in [0.2, 0.25) is 0 Å². The fraction of sp³-hybridized carbons (Fsp3) is 0.417. The number of ether oxygens (including phenoxy) is 1. The number of amides is 1. The number of aromatic carboxylic acids is 1. The van der Waals surface area contributed by atoms with Crippen molar-refractivity contribution >= 4 is 11.9 Å². The number of hydrogen-bond acceptors (Lipinski definition) is 4. The first kappa shape index (κ1) is 12.5. The molecule has 1 amide bonds. The molecule has 0 spiro atoms. The van der Waals surface area contributed by atoms with Crippen molar-refractivity contribution in [1.82, 2.24) is 10.3 Å². The quantitative estimate of drug-likeness (QED) is 0.814. The molecule has 1 atom stereocenters. The molecule has 6 nitrogen and oxygen atoms in total. The molecule has 0 radical (unpaired) electrons. The monoisotopic (exact) mass is 250 g/mol. The van der Waals surface area contributed by atoms with E-state index in [9.17, 15) is 9.59 Å². The summed E-state index contributed by atoms with van der Waals surface area (Å²) >= 11 is 0. The lowest BCUT2D eigenvalue weighted by Gasteiger charge is -2.09. The molecule has 1 aromatic rings. The smallest absolute Gasteiger partial charge is 0.354 e. The summed E-state index contributed by atoms with van der Waals surface area (Å²) in [5.74, 6) is -1.17. The molecule has 0 saturated carbocycles. The van der Waals surface area contributed by atoms with Gasteiger partial charge in [-0.05, 0) is 18.6 Å². The van der Waals surface area contributed by atoms with E-state index in [-0.39, 0.29) is 17.3 Å². The van der Waals surface area contributed by atoms with Crippen molar-refractivity contribution in [2.45, 2.75) is 6.42 Å². The average molecular weight is 250 g/mol. The van der Waals surface area contributed by atoms with E-state index in [1.165, 1.54) is 18.2 Å². The molecule has 96 valence electrons. The second-order valence-electron chi connectivity index (χ2n) is 4.15. The van der Waals surface area contributed by atoms with E-state index in [1.54, 1.807) is 0 Å². The van der Waals surface area contributed by atoms with Gasteiger partial charge in [0.25, 0.3) is 5.91 Å². The lowest BCUT2D eigenvalue weighted by Crippen LogP contribution is -2.30. The second kappa shape index (κ2) is 5.59. The Morgan fingerprint density at radius 1 is 1.44 bits per heavy atom. The van der Waals surface area contributed by atoms with Crippen molar-refractivity contribution in [3.05, 3.63) is 29.6 Å². The second-order valence-corrected chi connectivity index (χ2v) is 4.15. The molecule has 2 rings (SSSR count). The zero-order chi connectivity index (χ0) is 13.0. The maximum Gasteiger partial charge on any atom is 0.354 e. The molecule has 1 fully saturated rings. The molecule has 2 N–H and O–H groups in total. The summed E-state index contributed by atoms with van der Waals surface area (Å²) in [5.41, 5.74) is -0.0133. The minimum atomic E-state index is -1.14. The van der Waals surface area contributed by atoms with Crippen molar-refractivity contribution in [2.24, 2.45) is 5.92 Å². The van der Waals surface area contributed by atoms with Crippen LogP contribution in [-0.4, -0.2) is 41.7 Å². The number of carboxylic acid groups (broad SMARTS) is 1. The van der Waals surface area contributed by atoms with Gasteiger partial charge in [0.1, 0.15) is 11.4 Å². The Bertz CT molecular complexity index is 455. The molecule has 1 aliphatic rings. The van der Waals surface area contributed by atoms with Gasteiger partial charge in [-0.3, -0.25) is 4.79 Å². The predicted octanol–water partition coefficient (Wildman–Crippen LogP) is 0.546. The topological polar surface area (TPSA) is 88.5 Å². The summed E-state index contributed by atoms with van der Waals surface area (Å²) in [4.78, 5) is 26.3. The van der Waals surface area contributed by atoms with Crippen molar-refractivity contribution in [2.75, 3.05) is 19.8 Å². The van der Waals surface area contributed by atoms with Crippen LogP contribution in [0.25, 0.3) is 0 Å². The van der Waals surface area contributed by atoms with Gasteiger partial charge in [-0.15, -0.1) is 0 Å². The number of hydrogen-bond donors (Lipinski definition) is 2. The van der Waals surface area contributed by atoms with Crippen LogP contribution in [0.1, 0.15) is 27.4 Å². The molecular weight excluding hydrogens is 236 g/mol. The van der Waals surface area contributed by atoms with Gasteiger partial charge in [0.05, 0.1) is 6.61 Å². The Morgan fingerprint density at radius 3 is 2.89 bits per heavy atom. The van der Waals surface area contributed by atoms with Gasteiger partial charge in [-0.25, -0.2) is 9.78 Å². The summed E-state index contributed by atoms with van der Waals surface area (Å²) < 4.78 is 5.20. The Hall–Kier alpha value is -1.95. The zero-order valence-corrected chi connectivity index (χ0v) is 9.76. The summed E-state index contributed by atoms with van der Waals surface area (Å²) in [7, 11) is 0. The number of nitrogens with one attached hydrogen (secondary N) is 1. The number of aromatic nitrogens is 1. The van der Waals surface area contributed by atoms with Crippen molar-refractivity contribution < 1.29 is 19.4 Å². The highest BCUT2D eigenvalue weighted by Crippen LogP contribution is 2.10. The lowest BCUT2D eigenvalue weighted by atomic mass is 10.1. The van der Waals surface area contributed by atoms with Crippen LogP contribution in [0.2, 0.25) is 0 Å². The predicted molar refractivity (Wildman–Crippen MR) is 62.5 cm³/mol. The number of nitrogens with zero attached hydrogens (tertiary/aromatic N) is 1. The van der Waals surface area contributed by atoms with Crippen molar-refractivity contribution in [3.63, 3.8) is 0 Å². The minimum Gasteiger partial charge on any atom is -0.477 e. The summed E-state index contributed by atoms with van der Waals surface area (Å²) in [6.07, 6.45) is 0.933. The van der Waals surface area contributed by atoms with Crippen LogP contribution in [0.3, 0.4) is 0 Å². The van der Waals surface area contributed by atoms with Crippen LogP contribution in [0.15, 0.2) is 18.2 Å². The zero-order valence-electron chi connectivity index (χ0n) is 9.76. The van der Waals surface area contributed by atoms with E-state index < -0.39 is 5.97 Å². The fourth-order valence-corrected chi connectivity index (χ4v) is 1.75. The third-order valence-electron chi connectivity index (χ3n) is 2.78. The van der Waals surface area contributed by atoms with E-state index in [0.717, 1.165) is 13.0 Å². The molecule has 1 aliphatic heterocycles. The first-order valence-corrected chi connectivity index (χ1v) is 5.73. The highest BCUT2D eigenvalue weighted by molar-refractivity contribution is 5.94. The molecule has 2 heterocycles. The maximum absolute atomic E-state index is 11.8. The van der Waals surface area contributed by atoms with Gasteiger partial charge in [0, 0.05) is 19.1 Å². The number of carbonyl (C=O) groups excluding carboxylic acids is 1. The highest BCUT2D eigenvalue weighted by Gasteiger charge is 2.17. The fourth-order valence-electron chi connectivity index (χ4n) is 1.75. The molecule has 6 heteroatoms. The van der Waals surface area contributed by atoms with E-state index in [1.807, 2.05) is 0 Å². The number of pyridine rings is 1. The molecule has 0 aromatic carbocycles. The number of carboxylic acids is 1. The molecule has 0 aliphatic carbocycles. The van der Waals surface area contributed by atoms with E-state index >= 15 is 0 Å². The number of carbonyl (C=O) groups is 2. The average Bonchev–Trinajstić information content (AvgIpc) is 2.89. The summed E-state index contributed by atoms with van der Waals surface area (Å²) in [5, 5.41) is 11.5. The van der Waals surface area contributed by atoms with Gasteiger partial charge < -0.3 is 15.2 Å². The molecular formula is C12H14N2O4. The van der Waals surface area contributed by atoms with Crippen LogP contribution in [-0.2, 0) is 4.74 Å². The Morgan fingerprint density at radius 2 is 2.22 bits per heavy atom. The molecule has 1 unspecified atom stereocenters. The van der Waals surface area contributed by atoms with Crippen molar-refractivity contribution in [1.29, 1.82) is 0 Å². The first-order valence-electron chi connectivity index (χ1n) is 5.73. The lowest BCUT2D eigenvalue weighted by molar-refractivity contribution is 0.0690. The Balaban J connectivity index is 1.95. The van der Waals surface area contributed by atoms with Gasteiger partial charge >= 0.3 is 5.97 Å². The SMILES string of the molecule is O=C(O)c1cccc(C(=O)NCC2CCOC2)n1. The highest BCUT2D eigenvalue weighted by atomic mass is 16.5. The Kier molecular flexibility index (Phi) is 3.88. The van der Waals surface area contributed by atoms with E-state index in [0.29, 0.717) is 19.1 Å². The summed E-state index contributed by atoms with van der Waals surface area (Å²) in [6, 6.07) is 4.35. The van der Waals surface area contributed by atoms with Gasteiger partial charge in [-0.1, -0.05) is 6.07 Å². The third-order valence-corrected chi connectivity index (χ3v) is 2.78. The standard InChI is InChI=1S/C12H14N2O4/c15-11(13-6-8-4-5-18-7-8)9-2-1-3-10(14-9)12(16)17/h1-3,8H,4-7H2,(H,13,15)(H,16,17). The van der Waals surface area contributed by atoms with Gasteiger partial charge in [-0.2, -0.15) is 0 Å². The third kappa shape index (κ3) is 3.04. The largest absolute Gasteiger partial charge is 0.477 e. The van der Waals surface area contributed by atoms with Crippen LogP contribution in [0, 0.1) is 5.92 Å².